The summed E-state index contributed by atoms with van der Waals surface area (Å²) in [4.78, 5) is 26.2. The lowest BCUT2D eigenvalue weighted by Crippen LogP contribution is -2.15. The molecule has 26 heavy (non-hydrogen) atoms. The van der Waals surface area contributed by atoms with E-state index in [4.69, 9.17) is 10.00 Å². The molecule has 132 valence electrons. The normalized spacial score (nSPS) is 10.6. The highest BCUT2D eigenvalue weighted by atomic mass is 16.5. The number of Topliss-reactive ketones (excluding diaryl/α,β-unsaturated/α-hetero) is 1. The van der Waals surface area contributed by atoms with E-state index in [9.17, 15) is 9.59 Å². The van der Waals surface area contributed by atoms with Crippen LogP contribution in [0.1, 0.15) is 26.3 Å². The summed E-state index contributed by atoms with van der Waals surface area (Å²) in [6.07, 6.45) is 1.55. The Labute approximate surface area is 151 Å². The lowest BCUT2D eigenvalue weighted by atomic mass is 10.1. The fourth-order valence-electron chi connectivity index (χ4n) is 2.14. The van der Waals surface area contributed by atoms with Crippen LogP contribution in [0.5, 0.6) is 5.75 Å². The molecule has 0 saturated carbocycles. The van der Waals surface area contributed by atoms with Crippen LogP contribution >= 0.6 is 0 Å². The van der Waals surface area contributed by atoms with Gasteiger partial charge in [0.25, 0.3) is 0 Å². The summed E-state index contributed by atoms with van der Waals surface area (Å²) >= 11 is 0. The largest absolute Gasteiger partial charge is 0.465 e. The minimum Gasteiger partial charge on any atom is -0.465 e. The molecular weight excluding hydrogens is 332 g/mol. The average Bonchev–Trinajstić information content (AvgIpc) is 2.66. The van der Waals surface area contributed by atoms with Crippen molar-refractivity contribution < 1.29 is 19.1 Å². The summed E-state index contributed by atoms with van der Waals surface area (Å²) in [5, 5.41) is 8.86. The van der Waals surface area contributed by atoms with Crippen LogP contribution < -0.4 is 4.74 Å². The second-order valence-electron chi connectivity index (χ2n) is 5.60. The number of carbonyl (C=O) groups is 2. The minimum absolute atomic E-state index is 0.0849. The molecule has 0 heterocycles. The first-order chi connectivity index (χ1) is 12.4. The highest BCUT2D eigenvalue weighted by Crippen LogP contribution is 2.19. The number of esters is 1. The van der Waals surface area contributed by atoms with E-state index in [0.29, 0.717) is 16.9 Å². The zero-order chi connectivity index (χ0) is 19.1. The first-order valence-electron chi connectivity index (χ1n) is 7.74. The number of benzene rings is 2. The third kappa shape index (κ3) is 4.71. The van der Waals surface area contributed by atoms with Gasteiger partial charge in [0.1, 0.15) is 5.75 Å². The van der Waals surface area contributed by atoms with Crippen molar-refractivity contribution in [3.63, 3.8) is 0 Å². The summed E-state index contributed by atoms with van der Waals surface area (Å²) in [7, 11) is 4.81. The van der Waals surface area contributed by atoms with Gasteiger partial charge in [-0.1, -0.05) is 12.1 Å². The van der Waals surface area contributed by atoms with Crippen molar-refractivity contribution in [1.29, 1.82) is 5.26 Å². The molecule has 0 N–H and O–H groups in total. The second-order valence-corrected chi connectivity index (χ2v) is 5.60. The van der Waals surface area contributed by atoms with Gasteiger partial charge in [0, 0.05) is 25.9 Å². The number of hydrogen-bond acceptors (Lipinski definition) is 6. The highest BCUT2D eigenvalue weighted by Gasteiger charge is 2.17. The Balaban J connectivity index is 2.33. The molecular formula is C20H18N2O4. The topological polar surface area (TPSA) is 79.6 Å². The van der Waals surface area contributed by atoms with Crippen LogP contribution in [-0.2, 0) is 4.74 Å². The Kier molecular flexibility index (Phi) is 6.12. The van der Waals surface area contributed by atoms with Crippen LogP contribution in [0.4, 0.5) is 0 Å². The van der Waals surface area contributed by atoms with Crippen LogP contribution in [0.25, 0.3) is 0 Å². The molecule has 2 rings (SSSR count). The average molecular weight is 350 g/mol. The number of nitriles is 1. The van der Waals surface area contributed by atoms with Crippen LogP contribution in [-0.4, -0.2) is 37.9 Å². The van der Waals surface area contributed by atoms with Crippen LogP contribution in [0.3, 0.4) is 0 Å². The fraction of sp³-hybridized carbons (Fsp3) is 0.150. The molecule has 0 aliphatic rings. The number of carbonyl (C=O) groups excluding carboxylic acids is 2. The van der Waals surface area contributed by atoms with E-state index in [2.05, 4.69) is 4.74 Å². The van der Waals surface area contributed by atoms with Gasteiger partial charge in [-0.2, -0.15) is 5.26 Å². The number of rotatable bonds is 6. The van der Waals surface area contributed by atoms with Crippen molar-refractivity contribution in [2.45, 2.75) is 0 Å². The zero-order valence-corrected chi connectivity index (χ0v) is 14.7. The predicted octanol–water partition coefficient (Wildman–Crippen LogP) is 3.01. The summed E-state index contributed by atoms with van der Waals surface area (Å²) < 4.78 is 10.4. The first kappa shape index (κ1) is 18.7. The van der Waals surface area contributed by atoms with Gasteiger partial charge >= 0.3 is 5.97 Å². The van der Waals surface area contributed by atoms with Gasteiger partial charge in [-0.25, -0.2) is 4.79 Å². The third-order valence-corrected chi connectivity index (χ3v) is 3.36. The highest BCUT2D eigenvalue weighted by molar-refractivity contribution is 6.08. The van der Waals surface area contributed by atoms with Gasteiger partial charge in [-0.05, 0) is 36.4 Å². The van der Waals surface area contributed by atoms with Crippen molar-refractivity contribution in [3.8, 4) is 11.8 Å². The molecule has 0 fully saturated rings. The Hall–Kier alpha value is -3.59. The maximum Gasteiger partial charge on any atom is 0.337 e. The van der Waals surface area contributed by atoms with Gasteiger partial charge in [-0.3, -0.25) is 4.79 Å². The van der Waals surface area contributed by atoms with E-state index in [1.165, 1.54) is 13.2 Å². The molecule has 6 nitrogen and oxygen atoms in total. The van der Waals surface area contributed by atoms with Crippen molar-refractivity contribution in [2.24, 2.45) is 0 Å². The third-order valence-electron chi connectivity index (χ3n) is 3.36. The number of hydrogen-bond donors (Lipinski definition) is 0. The monoisotopic (exact) mass is 350 g/mol. The van der Waals surface area contributed by atoms with Crippen LogP contribution in [0, 0.1) is 11.3 Å². The van der Waals surface area contributed by atoms with E-state index >= 15 is 0 Å². The van der Waals surface area contributed by atoms with E-state index in [1.807, 2.05) is 6.07 Å². The molecule has 0 bridgehead atoms. The number of allylic oxidation sites excluding steroid dienone is 1. The Morgan fingerprint density at radius 3 is 2.31 bits per heavy atom. The lowest BCUT2D eigenvalue weighted by Gasteiger charge is -2.13. The first-order valence-corrected chi connectivity index (χ1v) is 7.74. The molecule has 2 aromatic carbocycles. The zero-order valence-electron chi connectivity index (χ0n) is 14.7. The molecule has 0 aliphatic heterocycles. The number of ketones is 1. The number of methoxy groups -OCH3 is 1. The maximum atomic E-state index is 12.8. The maximum absolute atomic E-state index is 12.8. The number of nitrogens with zero attached hydrogens (tertiary/aromatic N) is 2. The van der Waals surface area contributed by atoms with Gasteiger partial charge in [0.2, 0.25) is 5.78 Å². The van der Waals surface area contributed by atoms with E-state index in [1.54, 1.807) is 67.7 Å². The summed E-state index contributed by atoms with van der Waals surface area (Å²) in [5.41, 5.74) is 1.07. The van der Waals surface area contributed by atoms with Crippen LogP contribution in [0.2, 0.25) is 0 Å². The van der Waals surface area contributed by atoms with Crippen molar-refractivity contribution in [3.05, 3.63) is 77.2 Å². The molecule has 0 amide bonds. The quantitative estimate of drug-likeness (QED) is 0.345. The molecule has 0 aliphatic carbocycles. The molecule has 0 aromatic heterocycles. The van der Waals surface area contributed by atoms with Crippen LogP contribution in [0.15, 0.2) is 60.5 Å². The lowest BCUT2D eigenvalue weighted by molar-refractivity contribution is 0.0600. The summed E-state index contributed by atoms with van der Waals surface area (Å²) in [6, 6.07) is 14.7. The molecule has 0 unspecified atom stereocenters. The van der Waals surface area contributed by atoms with E-state index in [0.717, 1.165) is 0 Å². The smallest absolute Gasteiger partial charge is 0.337 e. The van der Waals surface area contributed by atoms with Crippen molar-refractivity contribution >= 4 is 11.8 Å². The summed E-state index contributed by atoms with van der Waals surface area (Å²) in [5.74, 6) is -0.393. The molecule has 2 aromatic rings. The van der Waals surface area contributed by atoms with E-state index in [-0.39, 0.29) is 17.1 Å². The van der Waals surface area contributed by atoms with Gasteiger partial charge in [0.15, 0.2) is 5.76 Å². The summed E-state index contributed by atoms with van der Waals surface area (Å²) in [6.45, 7) is 0. The standard InChI is InChI=1S/C20H18N2O4/c1-22(2)13-18(26-17-9-7-14(12-21)8-10-17)19(23)15-5-4-6-16(11-15)20(24)25-3/h4-11,13H,1-3H3/b18-13-. The predicted molar refractivity (Wildman–Crippen MR) is 95.7 cm³/mol. The van der Waals surface area contributed by atoms with Gasteiger partial charge in [-0.15, -0.1) is 0 Å². The number of ether oxygens (including phenoxy) is 2. The SMILES string of the molecule is COC(=O)c1cccc(C(=O)/C(=C/N(C)C)Oc2ccc(C#N)cc2)c1. The Morgan fingerprint density at radius 2 is 1.73 bits per heavy atom. The fourth-order valence-corrected chi connectivity index (χ4v) is 2.14. The Morgan fingerprint density at radius 1 is 1.08 bits per heavy atom. The van der Waals surface area contributed by atoms with Crippen molar-refractivity contribution in [2.75, 3.05) is 21.2 Å². The second kappa shape index (κ2) is 8.49. The van der Waals surface area contributed by atoms with E-state index < -0.39 is 5.97 Å². The molecule has 0 atom stereocenters. The van der Waals surface area contributed by atoms with Gasteiger partial charge < -0.3 is 14.4 Å². The molecule has 0 spiro atoms. The molecule has 6 heteroatoms. The molecule has 0 radical (unpaired) electrons. The molecule has 0 saturated heterocycles. The Bertz CT molecular complexity index is 877. The minimum atomic E-state index is -0.522. The van der Waals surface area contributed by atoms with Crippen molar-refractivity contribution in [1.82, 2.24) is 4.90 Å². The van der Waals surface area contributed by atoms with Gasteiger partial charge in [0.05, 0.1) is 24.3 Å².